The standard InChI is InChI=1S/C11H20O5/c1-7(2)9(11(13)14)6-16-10(12)5-8(3)15-4/h7-9H,5-6H2,1-4H3,(H,13,14). The summed E-state index contributed by atoms with van der Waals surface area (Å²) in [6.07, 6.45) is -0.0733. The summed E-state index contributed by atoms with van der Waals surface area (Å²) in [4.78, 5) is 22.1. The summed E-state index contributed by atoms with van der Waals surface area (Å²) in [6, 6.07) is 0. The molecule has 0 bridgehead atoms. The number of aliphatic carboxylic acids is 1. The second kappa shape index (κ2) is 7.22. The first-order valence-corrected chi connectivity index (χ1v) is 5.29. The summed E-state index contributed by atoms with van der Waals surface area (Å²) in [5, 5.41) is 8.87. The van der Waals surface area contributed by atoms with Gasteiger partial charge in [0.1, 0.15) is 6.61 Å². The van der Waals surface area contributed by atoms with Crippen LogP contribution in [0, 0.1) is 11.8 Å². The zero-order chi connectivity index (χ0) is 12.7. The van der Waals surface area contributed by atoms with Gasteiger partial charge in [-0.05, 0) is 12.8 Å². The van der Waals surface area contributed by atoms with E-state index in [1.165, 1.54) is 7.11 Å². The van der Waals surface area contributed by atoms with Gasteiger partial charge in [0.25, 0.3) is 0 Å². The Labute approximate surface area is 95.7 Å². The summed E-state index contributed by atoms with van der Waals surface area (Å²) in [5.41, 5.74) is 0. The zero-order valence-electron chi connectivity index (χ0n) is 10.2. The molecule has 0 spiro atoms. The van der Waals surface area contributed by atoms with E-state index in [-0.39, 0.29) is 25.0 Å². The molecular formula is C11H20O5. The average Bonchev–Trinajstić information content (AvgIpc) is 2.16. The van der Waals surface area contributed by atoms with E-state index in [2.05, 4.69) is 0 Å². The normalized spacial score (nSPS) is 14.6. The number of methoxy groups -OCH3 is 1. The van der Waals surface area contributed by atoms with E-state index in [0.29, 0.717) is 0 Å². The van der Waals surface area contributed by atoms with Gasteiger partial charge in [0, 0.05) is 7.11 Å². The number of carboxylic acids is 1. The molecule has 5 heteroatoms. The fourth-order valence-corrected chi connectivity index (χ4v) is 1.11. The summed E-state index contributed by atoms with van der Waals surface area (Å²) < 4.78 is 9.80. The minimum atomic E-state index is -0.942. The van der Waals surface area contributed by atoms with E-state index in [1.54, 1.807) is 20.8 Å². The molecule has 0 rings (SSSR count). The Hall–Kier alpha value is -1.10. The third kappa shape index (κ3) is 5.70. The maximum absolute atomic E-state index is 11.3. The van der Waals surface area contributed by atoms with Crippen LogP contribution in [0.1, 0.15) is 27.2 Å². The minimum absolute atomic E-state index is 0.0647. The molecule has 0 heterocycles. The van der Waals surface area contributed by atoms with Crippen molar-refractivity contribution in [2.75, 3.05) is 13.7 Å². The van der Waals surface area contributed by atoms with Crippen molar-refractivity contribution < 1.29 is 24.2 Å². The monoisotopic (exact) mass is 232 g/mol. The molecule has 0 saturated heterocycles. The minimum Gasteiger partial charge on any atom is -0.481 e. The van der Waals surface area contributed by atoms with E-state index in [9.17, 15) is 9.59 Å². The molecule has 5 nitrogen and oxygen atoms in total. The van der Waals surface area contributed by atoms with Gasteiger partial charge in [0.2, 0.25) is 0 Å². The summed E-state index contributed by atoms with van der Waals surface area (Å²) in [6.45, 7) is 5.23. The van der Waals surface area contributed by atoms with E-state index < -0.39 is 17.9 Å². The van der Waals surface area contributed by atoms with E-state index in [0.717, 1.165) is 0 Å². The van der Waals surface area contributed by atoms with Crippen molar-refractivity contribution in [2.24, 2.45) is 11.8 Å². The van der Waals surface area contributed by atoms with Gasteiger partial charge < -0.3 is 14.6 Å². The molecule has 94 valence electrons. The molecule has 0 aromatic rings. The van der Waals surface area contributed by atoms with Gasteiger partial charge in [-0.3, -0.25) is 9.59 Å². The quantitative estimate of drug-likeness (QED) is 0.670. The van der Waals surface area contributed by atoms with Crippen LogP contribution in [0.4, 0.5) is 0 Å². The number of hydrogen-bond acceptors (Lipinski definition) is 4. The molecule has 1 N–H and O–H groups in total. The maximum atomic E-state index is 11.3. The highest BCUT2D eigenvalue weighted by molar-refractivity contribution is 5.72. The first kappa shape index (κ1) is 14.9. The first-order valence-electron chi connectivity index (χ1n) is 5.29. The van der Waals surface area contributed by atoms with Crippen molar-refractivity contribution in [3.63, 3.8) is 0 Å². The highest BCUT2D eigenvalue weighted by Gasteiger charge is 2.23. The molecule has 0 saturated carbocycles. The Kier molecular flexibility index (Phi) is 6.72. The lowest BCUT2D eigenvalue weighted by Crippen LogP contribution is -2.27. The molecule has 16 heavy (non-hydrogen) atoms. The van der Waals surface area contributed by atoms with Crippen molar-refractivity contribution in [1.82, 2.24) is 0 Å². The molecule has 0 aliphatic heterocycles. The predicted molar refractivity (Wildman–Crippen MR) is 58.0 cm³/mol. The lowest BCUT2D eigenvalue weighted by atomic mass is 9.97. The van der Waals surface area contributed by atoms with E-state index >= 15 is 0 Å². The number of hydrogen-bond donors (Lipinski definition) is 1. The Morgan fingerprint density at radius 3 is 2.19 bits per heavy atom. The number of esters is 1. The van der Waals surface area contributed by atoms with Gasteiger partial charge in [-0.1, -0.05) is 13.8 Å². The smallest absolute Gasteiger partial charge is 0.310 e. The van der Waals surface area contributed by atoms with Gasteiger partial charge in [-0.2, -0.15) is 0 Å². The van der Waals surface area contributed by atoms with Crippen LogP contribution in [0.15, 0.2) is 0 Å². The molecule has 0 amide bonds. The summed E-state index contributed by atoms with van der Waals surface area (Å²) in [7, 11) is 1.51. The van der Waals surface area contributed by atoms with Crippen LogP contribution >= 0.6 is 0 Å². The summed E-state index contributed by atoms with van der Waals surface area (Å²) in [5.74, 6) is -2.09. The number of carbonyl (C=O) groups is 2. The Bertz CT molecular complexity index is 237. The molecule has 0 aromatic carbocycles. The fraction of sp³-hybridized carbons (Fsp3) is 0.818. The second-order valence-corrected chi connectivity index (χ2v) is 4.12. The van der Waals surface area contributed by atoms with Gasteiger partial charge in [0.05, 0.1) is 18.4 Å². The molecular weight excluding hydrogens is 212 g/mol. The van der Waals surface area contributed by atoms with Crippen LogP contribution in [0.25, 0.3) is 0 Å². The number of ether oxygens (including phenoxy) is 2. The van der Waals surface area contributed by atoms with Crippen LogP contribution in [0.5, 0.6) is 0 Å². The molecule has 0 radical (unpaired) electrons. The number of carboxylic acid groups (broad SMARTS) is 1. The van der Waals surface area contributed by atoms with E-state index in [4.69, 9.17) is 14.6 Å². The summed E-state index contributed by atoms with van der Waals surface area (Å²) >= 11 is 0. The Balaban J connectivity index is 4.02. The van der Waals surface area contributed by atoms with Crippen LogP contribution < -0.4 is 0 Å². The zero-order valence-corrected chi connectivity index (χ0v) is 10.2. The molecule has 0 aromatic heterocycles. The van der Waals surface area contributed by atoms with E-state index in [1.807, 2.05) is 0 Å². The highest BCUT2D eigenvalue weighted by atomic mass is 16.5. The highest BCUT2D eigenvalue weighted by Crippen LogP contribution is 2.12. The van der Waals surface area contributed by atoms with Crippen molar-refractivity contribution in [3.8, 4) is 0 Å². The molecule has 0 fully saturated rings. The molecule has 2 atom stereocenters. The fourth-order valence-electron chi connectivity index (χ4n) is 1.11. The van der Waals surface area contributed by atoms with Gasteiger partial charge in [0.15, 0.2) is 0 Å². The predicted octanol–water partition coefficient (Wildman–Crippen LogP) is 1.31. The second-order valence-electron chi connectivity index (χ2n) is 4.12. The van der Waals surface area contributed by atoms with Crippen LogP contribution in [0.2, 0.25) is 0 Å². The Morgan fingerprint density at radius 2 is 1.81 bits per heavy atom. The molecule has 0 aliphatic carbocycles. The lowest BCUT2D eigenvalue weighted by molar-refractivity contribution is -0.153. The largest absolute Gasteiger partial charge is 0.481 e. The van der Waals surface area contributed by atoms with Gasteiger partial charge in [-0.25, -0.2) is 0 Å². The van der Waals surface area contributed by atoms with Crippen molar-refractivity contribution >= 4 is 11.9 Å². The number of rotatable bonds is 7. The Morgan fingerprint density at radius 1 is 1.25 bits per heavy atom. The van der Waals surface area contributed by atoms with Gasteiger partial charge in [-0.15, -0.1) is 0 Å². The third-order valence-corrected chi connectivity index (χ3v) is 2.40. The van der Waals surface area contributed by atoms with Crippen molar-refractivity contribution in [2.45, 2.75) is 33.3 Å². The third-order valence-electron chi connectivity index (χ3n) is 2.40. The number of carbonyl (C=O) groups excluding carboxylic acids is 1. The average molecular weight is 232 g/mol. The van der Waals surface area contributed by atoms with Crippen LogP contribution in [-0.2, 0) is 19.1 Å². The lowest BCUT2D eigenvalue weighted by Gasteiger charge is -2.16. The van der Waals surface area contributed by atoms with Crippen molar-refractivity contribution in [3.05, 3.63) is 0 Å². The maximum Gasteiger partial charge on any atom is 0.310 e. The SMILES string of the molecule is COC(C)CC(=O)OCC(C(=O)O)C(C)C. The molecule has 2 unspecified atom stereocenters. The van der Waals surface area contributed by atoms with Crippen molar-refractivity contribution in [1.29, 1.82) is 0 Å². The topological polar surface area (TPSA) is 72.8 Å². The first-order chi connectivity index (χ1) is 7.38. The molecule has 0 aliphatic rings. The van der Waals surface area contributed by atoms with Gasteiger partial charge >= 0.3 is 11.9 Å². The van der Waals surface area contributed by atoms with Crippen LogP contribution in [-0.4, -0.2) is 36.9 Å². The van der Waals surface area contributed by atoms with Crippen LogP contribution in [0.3, 0.4) is 0 Å².